The van der Waals surface area contributed by atoms with Gasteiger partial charge in [0.2, 0.25) is 0 Å². The predicted octanol–water partition coefficient (Wildman–Crippen LogP) is 1.50. The first-order chi connectivity index (χ1) is 2.50. The Hall–Kier alpha value is -0.000519. The molecule has 0 aromatic carbocycles. The third-order valence-electron chi connectivity index (χ3n) is 0.655. The van der Waals surface area contributed by atoms with Crippen molar-refractivity contribution in [3.8, 4) is 0 Å². The molecule has 0 fully saturated rings. The van der Waals surface area contributed by atoms with Crippen molar-refractivity contribution < 1.29 is 17.1 Å². The standard InChI is InChI=1S/C5H6.Fe/c1-2-4-5-3-1;/h1-4H,5H2;/q;+2. The number of rotatable bonds is 0. The average molecular weight is 122 g/mol. The summed E-state index contributed by atoms with van der Waals surface area (Å²) in [6.07, 6.45) is 9.50. The van der Waals surface area contributed by atoms with Crippen LogP contribution in [0.1, 0.15) is 6.42 Å². The second kappa shape index (κ2) is 3.20. The van der Waals surface area contributed by atoms with Crippen LogP contribution in [0.4, 0.5) is 0 Å². The summed E-state index contributed by atoms with van der Waals surface area (Å²) < 4.78 is 0. The second-order valence-corrected chi connectivity index (χ2v) is 1.09. The fourth-order valence-electron chi connectivity index (χ4n) is 0.393. The van der Waals surface area contributed by atoms with E-state index in [0.29, 0.717) is 0 Å². The van der Waals surface area contributed by atoms with Gasteiger partial charge in [-0.25, -0.2) is 0 Å². The Bertz CT molecular complexity index is 62.0. The molecule has 1 heteroatoms. The van der Waals surface area contributed by atoms with Gasteiger partial charge in [-0.15, -0.1) is 0 Å². The van der Waals surface area contributed by atoms with E-state index in [1.54, 1.807) is 0 Å². The molecule has 0 aromatic heterocycles. The molecule has 0 spiro atoms. The summed E-state index contributed by atoms with van der Waals surface area (Å²) in [6, 6.07) is 0. The van der Waals surface area contributed by atoms with E-state index in [1.807, 2.05) is 0 Å². The largest absolute Gasteiger partial charge is 2.00 e. The Balaban J connectivity index is 0.000000250. The van der Waals surface area contributed by atoms with Crippen LogP contribution in [0.25, 0.3) is 0 Å². The number of hydrogen-bond acceptors (Lipinski definition) is 0. The third kappa shape index (κ3) is 1.44. The minimum Gasteiger partial charge on any atom is -0.0808 e. The Labute approximate surface area is 48.4 Å². The van der Waals surface area contributed by atoms with Gasteiger partial charge in [0.05, 0.1) is 0 Å². The summed E-state index contributed by atoms with van der Waals surface area (Å²) in [6.45, 7) is 0. The van der Waals surface area contributed by atoms with Gasteiger partial charge in [-0.1, -0.05) is 24.3 Å². The molecule has 0 atom stereocenters. The first kappa shape index (κ1) is 6.00. The molecule has 0 heterocycles. The Morgan fingerprint density at radius 2 is 1.50 bits per heavy atom. The van der Waals surface area contributed by atoms with E-state index in [1.165, 1.54) is 0 Å². The first-order valence-electron chi connectivity index (χ1n) is 1.82. The summed E-state index contributed by atoms with van der Waals surface area (Å²) in [4.78, 5) is 0. The van der Waals surface area contributed by atoms with Crippen molar-refractivity contribution in [3.05, 3.63) is 24.3 Å². The van der Waals surface area contributed by atoms with Gasteiger partial charge in [0.25, 0.3) is 0 Å². The summed E-state index contributed by atoms with van der Waals surface area (Å²) in [5.74, 6) is 0. The molecule has 1 rings (SSSR count). The maximum Gasteiger partial charge on any atom is 2.00 e. The van der Waals surface area contributed by atoms with Crippen molar-refractivity contribution in [2.45, 2.75) is 6.42 Å². The van der Waals surface area contributed by atoms with Crippen LogP contribution >= 0.6 is 0 Å². The Morgan fingerprint density at radius 1 is 1.00 bits per heavy atom. The van der Waals surface area contributed by atoms with E-state index in [4.69, 9.17) is 0 Å². The van der Waals surface area contributed by atoms with Crippen LogP contribution in [0.5, 0.6) is 0 Å². The average Bonchev–Trinajstić information content (AvgIpc) is 1.76. The molecule has 0 bridgehead atoms. The van der Waals surface area contributed by atoms with E-state index < -0.39 is 0 Å². The topological polar surface area (TPSA) is 0 Å². The molecule has 0 aliphatic heterocycles. The molecule has 0 N–H and O–H groups in total. The summed E-state index contributed by atoms with van der Waals surface area (Å²) in [5, 5.41) is 0. The molecule has 0 aromatic rings. The van der Waals surface area contributed by atoms with Gasteiger partial charge < -0.3 is 0 Å². The molecular formula is C5H6Fe+2. The predicted molar refractivity (Wildman–Crippen MR) is 22.9 cm³/mol. The maximum absolute atomic E-state index is 2.12. The van der Waals surface area contributed by atoms with Crippen LogP contribution in [0, 0.1) is 0 Å². The molecule has 0 saturated heterocycles. The van der Waals surface area contributed by atoms with Gasteiger partial charge in [0, 0.05) is 0 Å². The van der Waals surface area contributed by atoms with Crippen LogP contribution in [0.15, 0.2) is 24.3 Å². The van der Waals surface area contributed by atoms with Crippen molar-refractivity contribution in [1.29, 1.82) is 0 Å². The van der Waals surface area contributed by atoms with Gasteiger partial charge in [0.15, 0.2) is 0 Å². The van der Waals surface area contributed by atoms with Crippen molar-refractivity contribution in [1.82, 2.24) is 0 Å². The normalized spacial score (nSPS) is 14.7. The maximum atomic E-state index is 2.12. The molecule has 0 saturated carbocycles. The Morgan fingerprint density at radius 3 is 1.67 bits per heavy atom. The van der Waals surface area contributed by atoms with Crippen molar-refractivity contribution in [3.63, 3.8) is 0 Å². The fourth-order valence-corrected chi connectivity index (χ4v) is 0.393. The number of allylic oxidation sites excluding steroid dienone is 4. The van der Waals surface area contributed by atoms with E-state index in [-0.39, 0.29) is 17.1 Å². The zero-order valence-electron chi connectivity index (χ0n) is 3.37. The van der Waals surface area contributed by atoms with Gasteiger partial charge in [-0.3, -0.25) is 0 Å². The molecule has 1 aliphatic carbocycles. The van der Waals surface area contributed by atoms with Crippen LogP contribution in [-0.2, 0) is 17.1 Å². The van der Waals surface area contributed by atoms with Crippen LogP contribution in [-0.4, -0.2) is 0 Å². The van der Waals surface area contributed by atoms with Crippen molar-refractivity contribution in [2.75, 3.05) is 0 Å². The molecule has 0 nitrogen and oxygen atoms in total. The minimum absolute atomic E-state index is 0. The zero-order chi connectivity index (χ0) is 3.54. The van der Waals surface area contributed by atoms with Crippen LogP contribution in [0.2, 0.25) is 0 Å². The van der Waals surface area contributed by atoms with Gasteiger partial charge in [-0.2, -0.15) is 0 Å². The SMILES string of the molecule is C1=CCC=C1.[Fe+2]. The van der Waals surface area contributed by atoms with E-state index in [2.05, 4.69) is 24.3 Å². The molecule has 6 heavy (non-hydrogen) atoms. The fraction of sp³-hybridized carbons (Fsp3) is 0.200. The Kier molecular flexibility index (Phi) is 3.20. The number of hydrogen-bond donors (Lipinski definition) is 0. The quantitative estimate of drug-likeness (QED) is 0.427. The van der Waals surface area contributed by atoms with Crippen LogP contribution in [0.3, 0.4) is 0 Å². The molecule has 1 aliphatic rings. The minimum atomic E-state index is 0. The van der Waals surface area contributed by atoms with Gasteiger partial charge in [-0.05, 0) is 6.42 Å². The molecule has 0 unspecified atom stereocenters. The van der Waals surface area contributed by atoms with Crippen molar-refractivity contribution >= 4 is 0 Å². The molecule has 32 valence electrons. The first-order valence-corrected chi connectivity index (χ1v) is 1.82. The second-order valence-electron chi connectivity index (χ2n) is 1.09. The van der Waals surface area contributed by atoms with Gasteiger partial charge in [0.1, 0.15) is 0 Å². The van der Waals surface area contributed by atoms with Gasteiger partial charge >= 0.3 is 17.1 Å². The third-order valence-corrected chi connectivity index (χ3v) is 0.655. The monoisotopic (exact) mass is 122 g/mol. The smallest absolute Gasteiger partial charge is 0.0808 e. The van der Waals surface area contributed by atoms with Crippen LogP contribution < -0.4 is 0 Å². The summed E-state index contributed by atoms with van der Waals surface area (Å²) in [5.41, 5.74) is 0. The van der Waals surface area contributed by atoms with Crippen molar-refractivity contribution in [2.24, 2.45) is 0 Å². The zero-order valence-corrected chi connectivity index (χ0v) is 4.47. The summed E-state index contributed by atoms with van der Waals surface area (Å²) in [7, 11) is 0. The summed E-state index contributed by atoms with van der Waals surface area (Å²) >= 11 is 0. The van der Waals surface area contributed by atoms with E-state index in [0.717, 1.165) is 6.42 Å². The van der Waals surface area contributed by atoms with E-state index in [9.17, 15) is 0 Å². The van der Waals surface area contributed by atoms with E-state index >= 15 is 0 Å². The molecular weight excluding hydrogens is 116 g/mol. The molecule has 0 amide bonds. The molecule has 0 radical (unpaired) electrons.